The van der Waals surface area contributed by atoms with Crippen LogP contribution in [0.4, 0.5) is 0 Å². The Morgan fingerprint density at radius 3 is 3.05 bits per heavy atom. The maximum absolute atomic E-state index is 12.0. The molecule has 0 aliphatic heterocycles. The number of nitrogens with zero attached hydrogens (tertiary/aromatic N) is 3. The van der Waals surface area contributed by atoms with Crippen molar-refractivity contribution in [3.05, 3.63) is 41.8 Å². The lowest BCUT2D eigenvalue weighted by atomic mass is 9.99. The average Bonchev–Trinajstić information content (AvgIpc) is 2.81. The number of ketones is 1. The van der Waals surface area contributed by atoms with Gasteiger partial charge in [-0.25, -0.2) is 0 Å². The molecule has 0 N–H and O–H groups in total. The van der Waals surface area contributed by atoms with E-state index in [1.807, 2.05) is 18.2 Å². The number of rotatable bonds is 3. The van der Waals surface area contributed by atoms with Gasteiger partial charge in [-0.05, 0) is 25.0 Å². The van der Waals surface area contributed by atoms with Crippen molar-refractivity contribution in [2.45, 2.75) is 44.4 Å². The van der Waals surface area contributed by atoms with Gasteiger partial charge in [-0.1, -0.05) is 24.1 Å². The third kappa shape index (κ3) is 2.92. The standard InChI is InChI=1S/C15H17N3O2/c19-13-8-3-1-2-7-12(13)15-17-14(18-20-15)10-11-6-4-5-9-16-11/h4-6,9,12H,1-3,7-8,10H2. The highest BCUT2D eigenvalue weighted by atomic mass is 16.5. The molecule has 5 heteroatoms. The topological polar surface area (TPSA) is 68.9 Å². The van der Waals surface area contributed by atoms with Gasteiger partial charge in [0.05, 0.1) is 12.3 Å². The van der Waals surface area contributed by atoms with Crippen LogP contribution in [0.2, 0.25) is 0 Å². The second-order valence-electron chi connectivity index (χ2n) is 5.16. The van der Waals surface area contributed by atoms with Crippen molar-refractivity contribution < 1.29 is 9.32 Å². The van der Waals surface area contributed by atoms with E-state index in [1.54, 1.807) is 6.20 Å². The van der Waals surface area contributed by atoms with Crippen molar-refractivity contribution in [3.63, 3.8) is 0 Å². The Kier molecular flexibility index (Phi) is 3.85. The second-order valence-corrected chi connectivity index (χ2v) is 5.16. The summed E-state index contributed by atoms with van der Waals surface area (Å²) < 4.78 is 5.29. The van der Waals surface area contributed by atoms with E-state index in [9.17, 15) is 4.79 Å². The summed E-state index contributed by atoms with van der Waals surface area (Å²) in [6.45, 7) is 0. The van der Waals surface area contributed by atoms with Gasteiger partial charge in [0.15, 0.2) is 5.82 Å². The predicted octanol–water partition coefficient (Wildman–Crippen LogP) is 2.67. The summed E-state index contributed by atoms with van der Waals surface area (Å²) in [6.07, 6.45) is 6.86. The van der Waals surface area contributed by atoms with Crippen LogP contribution in [0.25, 0.3) is 0 Å². The minimum Gasteiger partial charge on any atom is -0.339 e. The van der Waals surface area contributed by atoms with Crippen LogP contribution in [0.5, 0.6) is 0 Å². The van der Waals surface area contributed by atoms with Crippen LogP contribution in [-0.2, 0) is 11.2 Å². The van der Waals surface area contributed by atoms with E-state index in [0.717, 1.165) is 31.4 Å². The van der Waals surface area contributed by atoms with Gasteiger partial charge in [0.25, 0.3) is 0 Å². The van der Waals surface area contributed by atoms with E-state index in [2.05, 4.69) is 15.1 Å². The molecule has 20 heavy (non-hydrogen) atoms. The molecule has 2 aromatic rings. The maximum Gasteiger partial charge on any atom is 0.237 e. The number of carbonyl (C=O) groups is 1. The first-order valence-corrected chi connectivity index (χ1v) is 7.08. The highest BCUT2D eigenvalue weighted by Crippen LogP contribution is 2.28. The fourth-order valence-corrected chi connectivity index (χ4v) is 2.57. The van der Waals surface area contributed by atoms with Gasteiger partial charge in [0.1, 0.15) is 5.78 Å². The van der Waals surface area contributed by atoms with Crippen LogP contribution in [-0.4, -0.2) is 20.9 Å². The summed E-state index contributed by atoms with van der Waals surface area (Å²) in [7, 11) is 0. The largest absolute Gasteiger partial charge is 0.339 e. The molecule has 1 aliphatic carbocycles. The summed E-state index contributed by atoms with van der Waals surface area (Å²) >= 11 is 0. The predicted molar refractivity (Wildman–Crippen MR) is 72.2 cm³/mol. The maximum atomic E-state index is 12.0. The summed E-state index contributed by atoms with van der Waals surface area (Å²) in [5.74, 6) is 1.09. The first-order chi connectivity index (χ1) is 9.83. The summed E-state index contributed by atoms with van der Waals surface area (Å²) in [6, 6.07) is 5.72. The Morgan fingerprint density at radius 1 is 1.25 bits per heavy atom. The molecular formula is C15H17N3O2. The Hall–Kier alpha value is -2.04. The Morgan fingerprint density at radius 2 is 2.20 bits per heavy atom. The normalized spacial score (nSPS) is 19.8. The number of pyridine rings is 1. The fourth-order valence-electron chi connectivity index (χ4n) is 2.57. The van der Waals surface area contributed by atoms with E-state index in [1.165, 1.54) is 0 Å². The van der Waals surface area contributed by atoms with Crippen LogP contribution < -0.4 is 0 Å². The molecule has 0 bridgehead atoms. The molecule has 5 nitrogen and oxygen atoms in total. The highest BCUT2D eigenvalue weighted by Gasteiger charge is 2.27. The van der Waals surface area contributed by atoms with Crippen molar-refractivity contribution >= 4 is 5.78 Å². The van der Waals surface area contributed by atoms with Crippen molar-refractivity contribution in [2.24, 2.45) is 0 Å². The van der Waals surface area contributed by atoms with Crippen LogP contribution in [0.3, 0.4) is 0 Å². The molecule has 0 radical (unpaired) electrons. The lowest BCUT2D eigenvalue weighted by Crippen LogP contribution is -2.11. The zero-order valence-electron chi connectivity index (χ0n) is 11.3. The zero-order chi connectivity index (χ0) is 13.8. The SMILES string of the molecule is O=C1CCCCCC1c1nc(Cc2ccccn2)no1. The quantitative estimate of drug-likeness (QED) is 0.803. The molecular weight excluding hydrogens is 254 g/mol. The molecule has 1 unspecified atom stereocenters. The molecule has 1 atom stereocenters. The van der Waals surface area contributed by atoms with Crippen LogP contribution in [0.15, 0.2) is 28.9 Å². The number of Topliss-reactive ketones (excluding diaryl/α,β-unsaturated/α-hetero) is 1. The number of hydrogen-bond donors (Lipinski definition) is 0. The Labute approximate surface area is 117 Å². The molecule has 0 aromatic carbocycles. The van der Waals surface area contributed by atoms with Crippen molar-refractivity contribution in [3.8, 4) is 0 Å². The Bertz CT molecular complexity index is 580. The number of aromatic nitrogens is 3. The van der Waals surface area contributed by atoms with Gasteiger partial charge >= 0.3 is 0 Å². The van der Waals surface area contributed by atoms with E-state index in [0.29, 0.717) is 24.6 Å². The lowest BCUT2D eigenvalue weighted by Gasteiger charge is -2.06. The van der Waals surface area contributed by atoms with Crippen molar-refractivity contribution in [1.29, 1.82) is 0 Å². The van der Waals surface area contributed by atoms with Crippen LogP contribution >= 0.6 is 0 Å². The van der Waals surface area contributed by atoms with Crippen LogP contribution in [0, 0.1) is 0 Å². The molecule has 1 fully saturated rings. The molecule has 1 saturated carbocycles. The highest BCUT2D eigenvalue weighted by molar-refractivity contribution is 5.84. The van der Waals surface area contributed by atoms with Gasteiger partial charge in [0, 0.05) is 18.3 Å². The summed E-state index contributed by atoms with van der Waals surface area (Å²) in [4.78, 5) is 20.7. The summed E-state index contributed by atoms with van der Waals surface area (Å²) in [5.41, 5.74) is 0.895. The van der Waals surface area contributed by atoms with Gasteiger partial charge in [-0.15, -0.1) is 0 Å². The first kappa shape index (κ1) is 13.0. The average molecular weight is 271 g/mol. The van der Waals surface area contributed by atoms with E-state index in [4.69, 9.17) is 4.52 Å². The van der Waals surface area contributed by atoms with Gasteiger partial charge in [-0.2, -0.15) is 4.98 Å². The van der Waals surface area contributed by atoms with Crippen LogP contribution in [0.1, 0.15) is 55.4 Å². The number of carbonyl (C=O) groups excluding carboxylic acids is 1. The van der Waals surface area contributed by atoms with Crippen molar-refractivity contribution in [2.75, 3.05) is 0 Å². The number of hydrogen-bond acceptors (Lipinski definition) is 5. The third-order valence-electron chi connectivity index (χ3n) is 3.65. The monoisotopic (exact) mass is 271 g/mol. The summed E-state index contributed by atoms with van der Waals surface area (Å²) in [5, 5.41) is 3.97. The van der Waals surface area contributed by atoms with Gasteiger partial charge < -0.3 is 4.52 Å². The van der Waals surface area contributed by atoms with E-state index < -0.39 is 0 Å². The van der Waals surface area contributed by atoms with Gasteiger partial charge in [0.2, 0.25) is 5.89 Å². The van der Waals surface area contributed by atoms with E-state index >= 15 is 0 Å². The second kappa shape index (κ2) is 5.94. The van der Waals surface area contributed by atoms with Crippen molar-refractivity contribution in [1.82, 2.24) is 15.1 Å². The fraction of sp³-hybridized carbons (Fsp3) is 0.467. The zero-order valence-corrected chi connectivity index (χ0v) is 11.3. The molecule has 2 aromatic heterocycles. The van der Waals surface area contributed by atoms with E-state index in [-0.39, 0.29) is 11.7 Å². The Balaban J connectivity index is 1.74. The molecule has 0 spiro atoms. The third-order valence-corrected chi connectivity index (χ3v) is 3.65. The lowest BCUT2D eigenvalue weighted by molar-refractivity contribution is -0.120. The molecule has 1 aliphatic rings. The van der Waals surface area contributed by atoms with Gasteiger partial charge in [-0.3, -0.25) is 9.78 Å². The molecule has 3 rings (SSSR count). The molecule has 0 amide bonds. The molecule has 0 saturated heterocycles. The minimum absolute atomic E-state index is 0.206. The smallest absolute Gasteiger partial charge is 0.237 e. The minimum atomic E-state index is -0.206. The molecule has 2 heterocycles. The first-order valence-electron chi connectivity index (χ1n) is 7.08. The molecule has 104 valence electrons.